The molecule has 1 saturated heterocycles. The number of hydrogen-bond acceptors (Lipinski definition) is 8. The zero-order chi connectivity index (χ0) is 22.4. The highest BCUT2D eigenvalue weighted by atomic mass is 32.2. The van der Waals surface area contributed by atoms with E-state index in [-0.39, 0.29) is 11.3 Å². The molecule has 0 unspecified atom stereocenters. The third-order valence-electron chi connectivity index (χ3n) is 4.12. The number of benzene rings is 2. The van der Waals surface area contributed by atoms with Gasteiger partial charge in [0.1, 0.15) is 5.75 Å². The molecule has 0 bridgehead atoms. The monoisotopic (exact) mass is 469 g/mol. The molecule has 7 nitrogen and oxygen atoms in total. The van der Waals surface area contributed by atoms with E-state index in [1.54, 1.807) is 12.1 Å². The first kappa shape index (κ1) is 22.9. The molecule has 11 heteroatoms. The van der Waals surface area contributed by atoms with Gasteiger partial charge < -0.3 is 14.2 Å². The summed E-state index contributed by atoms with van der Waals surface area (Å²) in [5, 5.41) is 11.3. The Labute approximate surface area is 184 Å². The lowest BCUT2D eigenvalue weighted by Gasteiger charge is -2.11. The van der Waals surface area contributed by atoms with Gasteiger partial charge in [-0.2, -0.15) is 8.78 Å². The number of esters is 1. The Hall–Kier alpha value is -2.79. The number of nitrogens with zero attached hydrogens (tertiary/aromatic N) is 1. The molecule has 1 aliphatic heterocycles. The van der Waals surface area contributed by atoms with Gasteiger partial charge in [0.05, 0.1) is 28.2 Å². The van der Waals surface area contributed by atoms with Crippen molar-refractivity contribution in [3.8, 4) is 17.2 Å². The zero-order valence-electron chi connectivity index (χ0n) is 16.2. The van der Waals surface area contributed by atoms with E-state index in [0.29, 0.717) is 10.3 Å². The highest BCUT2D eigenvalue weighted by Crippen LogP contribution is 2.45. The smallest absolute Gasteiger partial charge is 0.387 e. The molecule has 2 aromatic carbocycles. The van der Waals surface area contributed by atoms with E-state index in [0.717, 1.165) is 41.4 Å². The molecule has 0 spiro atoms. The summed E-state index contributed by atoms with van der Waals surface area (Å²) in [5.41, 5.74) is 0.569. The molecule has 31 heavy (non-hydrogen) atoms. The van der Waals surface area contributed by atoms with E-state index < -0.39 is 28.9 Å². The first-order valence-electron chi connectivity index (χ1n) is 8.91. The third-order valence-corrected chi connectivity index (χ3v) is 7.22. The molecule has 0 aromatic heterocycles. The van der Waals surface area contributed by atoms with Gasteiger partial charge in [-0.15, -0.1) is 23.5 Å². The van der Waals surface area contributed by atoms with Crippen molar-refractivity contribution in [2.75, 3.05) is 18.6 Å². The van der Waals surface area contributed by atoms with Crippen molar-refractivity contribution < 1.29 is 32.7 Å². The minimum Gasteiger partial charge on any atom is -0.493 e. The van der Waals surface area contributed by atoms with Crippen LogP contribution in [0.25, 0.3) is 6.08 Å². The highest BCUT2D eigenvalue weighted by Gasteiger charge is 2.21. The number of alkyl halides is 2. The van der Waals surface area contributed by atoms with Crippen LogP contribution in [0.3, 0.4) is 0 Å². The number of thioether (sulfide) groups is 2. The number of rotatable bonds is 8. The minimum atomic E-state index is -3.18. The molecule has 1 aliphatic rings. The summed E-state index contributed by atoms with van der Waals surface area (Å²) in [5.74, 6) is 1.16. The minimum absolute atomic E-state index is 0.0361. The van der Waals surface area contributed by atoms with E-state index in [9.17, 15) is 23.7 Å². The summed E-state index contributed by atoms with van der Waals surface area (Å²) in [6.45, 7) is -3.18. The van der Waals surface area contributed by atoms with Crippen LogP contribution in [0.5, 0.6) is 17.2 Å². The van der Waals surface area contributed by atoms with Gasteiger partial charge in [-0.1, -0.05) is 12.1 Å². The number of carbonyl (C=O) groups excluding carboxylic acids is 1. The van der Waals surface area contributed by atoms with Crippen molar-refractivity contribution >= 4 is 41.3 Å². The molecule has 1 fully saturated rings. The van der Waals surface area contributed by atoms with E-state index >= 15 is 0 Å². The highest BCUT2D eigenvalue weighted by molar-refractivity contribution is 8.19. The molecule has 0 amide bonds. The molecule has 0 radical (unpaired) electrons. The van der Waals surface area contributed by atoms with E-state index in [1.165, 1.54) is 7.11 Å². The average molecular weight is 469 g/mol. The Morgan fingerprint density at radius 1 is 1.19 bits per heavy atom. The second-order valence-electron chi connectivity index (χ2n) is 6.09. The van der Waals surface area contributed by atoms with Crippen molar-refractivity contribution in [3.05, 3.63) is 63.7 Å². The summed E-state index contributed by atoms with van der Waals surface area (Å²) in [6.07, 6.45) is 2.15. The Kier molecular flexibility index (Phi) is 7.75. The number of nitro groups is 1. The van der Waals surface area contributed by atoms with Crippen LogP contribution in [-0.2, 0) is 4.79 Å². The summed E-state index contributed by atoms with van der Waals surface area (Å²) in [7, 11) is 1.20. The summed E-state index contributed by atoms with van der Waals surface area (Å²) < 4.78 is 39.8. The number of halogens is 2. The van der Waals surface area contributed by atoms with Crippen LogP contribution in [-0.4, -0.2) is 36.1 Å². The van der Waals surface area contributed by atoms with Crippen molar-refractivity contribution in [1.82, 2.24) is 0 Å². The van der Waals surface area contributed by atoms with Crippen molar-refractivity contribution in [3.63, 3.8) is 0 Å². The van der Waals surface area contributed by atoms with Crippen LogP contribution in [0.2, 0.25) is 0 Å². The molecule has 1 heterocycles. The normalized spacial score (nSPS) is 14.2. The number of hydrogen-bond donors (Lipinski definition) is 0. The maximum atomic E-state index is 12.5. The number of nitro benzene ring substituents is 1. The van der Waals surface area contributed by atoms with Gasteiger partial charge in [0, 0.05) is 17.6 Å². The van der Waals surface area contributed by atoms with Gasteiger partial charge in [0.15, 0.2) is 11.5 Å². The van der Waals surface area contributed by atoms with Crippen LogP contribution >= 0.6 is 23.5 Å². The maximum absolute atomic E-state index is 12.5. The maximum Gasteiger partial charge on any atom is 0.387 e. The van der Waals surface area contributed by atoms with Gasteiger partial charge in [-0.05, 0) is 29.8 Å². The summed E-state index contributed by atoms with van der Waals surface area (Å²) in [4.78, 5) is 22.7. The molecular formula is C20H17F2NO6S2. The Balaban J connectivity index is 1.73. The van der Waals surface area contributed by atoms with Crippen LogP contribution in [0, 0.1) is 10.1 Å². The molecular weight excluding hydrogens is 452 g/mol. The number of carbonyl (C=O) groups is 1. The van der Waals surface area contributed by atoms with E-state index in [4.69, 9.17) is 9.47 Å². The number of methoxy groups -OCH3 is 1. The fourth-order valence-electron chi connectivity index (χ4n) is 2.76. The van der Waals surface area contributed by atoms with Gasteiger partial charge >= 0.3 is 12.6 Å². The van der Waals surface area contributed by atoms with Crippen LogP contribution in [0.15, 0.2) is 42.5 Å². The Morgan fingerprint density at radius 3 is 2.45 bits per heavy atom. The van der Waals surface area contributed by atoms with Crippen molar-refractivity contribution in [1.29, 1.82) is 0 Å². The van der Waals surface area contributed by atoms with Gasteiger partial charge in [-0.3, -0.25) is 10.1 Å². The molecule has 0 saturated carbocycles. The predicted octanol–water partition coefficient (Wildman–Crippen LogP) is 5.30. The lowest BCUT2D eigenvalue weighted by molar-refractivity contribution is -0.385. The van der Waals surface area contributed by atoms with Crippen LogP contribution in [0.1, 0.15) is 15.7 Å². The zero-order valence-corrected chi connectivity index (χ0v) is 17.8. The predicted molar refractivity (Wildman–Crippen MR) is 115 cm³/mol. The lowest BCUT2D eigenvalue weighted by atomic mass is 10.1. The first-order valence-corrected chi connectivity index (χ1v) is 11.0. The molecule has 2 aromatic rings. The summed E-state index contributed by atoms with van der Waals surface area (Å²) >= 11 is 3.72. The van der Waals surface area contributed by atoms with Crippen LogP contribution < -0.4 is 14.2 Å². The van der Waals surface area contributed by atoms with Gasteiger partial charge in [-0.25, -0.2) is 4.79 Å². The fraction of sp³-hybridized carbons (Fsp3) is 0.250. The second-order valence-corrected chi connectivity index (χ2v) is 8.82. The van der Waals surface area contributed by atoms with E-state index in [1.807, 2.05) is 35.7 Å². The quantitative estimate of drug-likeness (QED) is 0.169. The Bertz CT molecular complexity index is 978. The SMILES string of the molecule is COc1cc(/C=C/C(=O)Oc2ccc(C3SCCS3)cc2)c([N+](=O)[O-])cc1OC(F)F. The molecule has 0 N–H and O–H groups in total. The molecule has 0 aliphatic carbocycles. The summed E-state index contributed by atoms with van der Waals surface area (Å²) in [6, 6.07) is 9.09. The van der Waals surface area contributed by atoms with Gasteiger partial charge in [0.2, 0.25) is 0 Å². The van der Waals surface area contributed by atoms with Crippen molar-refractivity contribution in [2.24, 2.45) is 0 Å². The number of ether oxygens (including phenoxy) is 3. The molecule has 3 rings (SSSR count). The van der Waals surface area contributed by atoms with Gasteiger partial charge in [0.25, 0.3) is 5.69 Å². The molecule has 164 valence electrons. The Morgan fingerprint density at radius 2 is 1.87 bits per heavy atom. The van der Waals surface area contributed by atoms with E-state index in [2.05, 4.69) is 4.74 Å². The topological polar surface area (TPSA) is 87.9 Å². The fourth-order valence-corrected chi connectivity index (χ4v) is 5.62. The first-order chi connectivity index (χ1) is 14.9. The van der Waals surface area contributed by atoms with Crippen molar-refractivity contribution in [2.45, 2.75) is 11.2 Å². The third kappa shape index (κ3) is 6.11. The average Bonchev–Trinajstić information content (AvgIpc) is 3.27. The second kappa shape index (κ2) is 10.5. The molecule has 0 atom stereocenters. The lowest BCUT2D eigenvalue weighted by Crippen LogP contribution is -2.05. The largest absolute Gasteiger partial charge is 0.493 e. The standard InChI is InChI=1S/C20H17F2NO6S2/c1-27-16-10-13(15(23(25)26)11-17(16)29-20(21)22)4-7-18(24)28-14-5-2-12(3-6-14)19-30-8-9-31-19/h2-7,10-11,19-20H,8-9H2,1H3/b7-4+. The van der Waals surface area contributed by atoms with Crippen LogP contribution in [0.4, 0.5) is 14.5 Å².